The molecule has 1 aromatic carbocycles. The molecule has 0 saturated heterocycles. The largest absolute Gasteiger partial charge is 0.351 e. The highest BCUT2D eigenvalue weighted by Crippen LogP contribution is 2.29. The van der Waals surface area contributed by atoms with Crippen molar-refractivity contribution in [2.45, 2.75) is 0 Å². The molecule has 0 unspecified atom stereocenters. The van der Waals surface area contributed by atoms with Gasteiger partial charge in [-0.3, -0.25) is 0 Å². The number of primary amides is 1. The Hall–Kier alpha value is -2.13. The van der Waals surface area contributed by atoms with E-state index in [1.807, 2.05) is 0 Å². The number of hydrogen-bond acceptors (Lipinski definition) is 5. The van der Waals surface area contributed by atoms with Crippen LogP contribution in [0.15, 0.2) is 41.9 Å². The van der Waals surface area contributed by atoms with Crippen molar-refractivity contribution in [3.8, 4) is 0 Å². The van der Waals surface area contributed by atoms with E-state index in [1.165, 1.54) is 6.20 Å². The summed E-state index contributed by atoms with van der Waals surface area (Å²) in [6.45, 7) is 0. The summed E-state index contributed by atoms with van der Waals surface area (Å²) < 4.78 is 26.9. The molecule has 0 bridgehead atoms. The van der Waals surface area contributed by atoms with Crippen LogP contribution in [0.25, 0.3) is 0 Å². The second kappa shape index (κ2) is 5.24. The number of anilines is 2. The van der Waals surface area contributed by atoms with Crippen LogP contribution in [0, 0.1) is 0 Å². The maximum Gasteiger partial charge on any atom is 0.333 e. The number of hydrogen-bond donors (Lipinski definition) is 2. The Morgan fingerprint density at radius 1 is 1.32 bits per heavy atom. The Bertz CT molecular complexity index is 655. The van der Waals surface area contributed by atoms with Crippen molar-refractivity contribution in [1.82, 2.24) is 9.71 Å². The van der Waals surface area contributed by atoms with Crippen LogP contribution in [-0.2, 0) is 10.2 Å². The van der Waals surface area contributed by atoms with Crippen LogP contribution in [0.4, 0.5) is 15.6 Å². The van der Waals surface area contributed by atoms with Gasteiger partial charge in [-0.15, -0.1) is 11.3 Å². The van der Waals surface area contributed by atoms with Gasteiger partial charge in [0.2, 0.25) is 5.13 Å². The van der Waals surface area contributed by atoms with Gasteiger partial charge in [0.05, 0.1) is 5.69 Å². The molecule has 9 heteroatoms. The summed E-state index contributed by atoms with van der Waals surface area (Å²) in [6, 6.07) is 7.12. The third-order valence-electron chi connectivity index (χ3n) is 2.05. The molecule has 1 aromatic heterocycles. The van der Waals surface area contributed by atoms with E-state index < -0.39 is 16.2 Å². The summed E-state index contributed by atoms with van der Waals surface area (Å²) in [6.07, 6.45) is 1.47. The predicted molar refractivity (Wildman–Crippen MR) is 72.3 cm³/mol. The average Bonchev–Trinajstić information content (AvgIpc) is 2.82. The summed E-state index contributed by atoms with van der Waals surface area (Å²) in [5.74, 6) is 0. The van der Waals surface area contributed by atoms with E-state index in [2.05, 4.69) is 4.98 Å². The van der Waals surface area contributed by atoms with Gasteiger partial charge >= 0.3 is 16.2 Å². The molecule has 2 rings (SSSR count). The van der Waals surface area contributed by atoms with Crippen molar-refractivity contribution in [1.29, 1.82) is 0 Å². The molecule has 0 spiro atoms. The number of aromatic nitrogens is 1. The van der Waals surface area contributed by atoms with E-state index in [4.69, 9.17) is 5.73 Å². The lowest BCUT2D eigenvalue weighted by molar-refractivity contribution is 0.253. The molecule has 2 aromatic rings. The first-order valence-corrected chi connectivity index (χ1v) is 7.40. The number of benzene rings is 1. The first kappa shape index (κ1) is 13.3. The van der Waals surface area contributed by atoms with Crippen LogP contribution >= 0.6 is 11.3 Å². The molecule has 2 amide bonds. The molecule has 0 aliphatic heterocycles. The van der Waals surface area contributed by atoms with Crippen LogP contribution in [0.1, 0.15) is 0 Å². The highest BCUT2D eigenvalue weighted by Gasteiger charge is 2.27. The molecule has 3 N–H and O–H groups in total. The topological polar surface area (TPSA) is 105 Å². The van der Waals surface area contributed by atoms with Gasteiger partial charge in [-0.2, -0.15) is 12.7 Å². The Morgan fingerprint density at radius 3 is 2.53 bits per heavy atom. The molecule has 0 radical (unpaired) electrons. The van der Waals surface area contributed by atoms with Gasteiger partial charge in [0.1, 0.15) is 0 Å². The van der Waals surface area contributed by atoms with Gasteiger partial charge < -0.3 is 5.73 Å². The second-order valence-corrected chi connectivity index (χ2v) is 5.78. The van der Waals surface area contributed by atoms with E-state index in [-0.39, 0.29) is 5.13 Å². The molecule has 100 valence electrons. The molecule has 7 nitrogen and oxygen atoms in total. The van der Waals surface area contributed by atoms with Crippen LogP contribution < -0.4 is 14.8 Å². The molecule has 1 heterocycles. The number of rotatable bonds is 4. The molecular formula is C10H10N4O3S2. The lowest BCUT2D eigenvalue weighted by Crippen LogP contribution is -2.43. The Labute approximate surface area is 113 Å². The zero-order chi connectivity index (χ0) is 13.9. The quantitative estimate of drug-likeness (QED) is 0.884. The van der Waals surface area contributed by atoms with E-state index in [0.717, 1.165) is 15.6 Å². The molecule has 0 aliphatic carbocycles. The fourth-order valence-corrected chi connectivity index (χ4v) is 3.39. The van der Waals surface area contributed by atoms with Crippen molar-refractivity contribution < 1.29 is 13.2 Å². The van der Waals surface area contributed by atoms with Gasteiger partial charge in [0, 0.05) is 11.6 Å². The summed E-state index contributed by atoms with van der Waals surface area (Å²) in [5, 5.41) is 1.84. The fraction of sp³-hybridized carbons (Fsp3) is 0. The zero-order valence-electron chi connectivity index (χ0n) is 9.55. The van der Waals surface area contributed by atoms with Gasteiger partial charge in [-0.1, -0.05) is 18.2 Å². The van der Waals surface area contributed by atoms with Gasteiger partial charge in [-0.05, 0) is 12.1 Å². The maximum atomic E-state index is 12.1. The third kappa shape index (κ3) is 3.01. The summed E-state index contributed by atoms with van der Waals surface area (Å²) in [7, 11) is -4.14. The van der Waals surface area contributed by atoms with Crippen molar-refractivity contribution >= 4 is 38.4 Å². The number of nitrogens with two attached hydrogens (primary N) is 1. The highest BCUT2D eigenvalue weighted by atomic mass is 32.2. The van der Waals surface area contributed by atoms with E-state index in [9.17, 15) is 13.2 Å². The molecule has 0 aliphatic rings. The number of carbonyl (C=O) groups excluding carboxylic acids is 1. The van der Waals surface area contributed by atoms with E-state index in [1.54, 1.807) is 40.4 Å². The molecule has 0 fully saturated rings. The Balaban J connectivity index is 2.51. The lowest BCUT2D eigenvalue weighted by atomic mass is 10.3. The number of nitrogens with zero attached hydrogens (tertiary/aromatic N) is 2. The number of carbonyl (C=O) groups is 1. The third-order valence-corrected chi connectivity index (χ3v) is 4.25. The fourth-order valence-electron chi connectivity index (χ4n) is 1.40. The number of thiazole rings is 1. The van der Waals surface area contributed by atoms with Gasteiger partial charge in [-0.25, -0.2) is 14.5 Å². The molecule has 19 heavy (non-hydrogen) atoms. The van der Waals surface area contributed by atoms with Crippen LogP contribution in [0.2, 0.25) is 0 Å². The number of urea groups is 1. The molecular weight excluding hydrogens is 288 g/mol. The minimum absolute atomic E-state index is 0.208. The lowest BCUT2D eigenvalue weighted by Gasteiger charge is -2.20. The number of nitrogens with one attached hydrogen (secondary N) is 1. The second-order valence-electron chi connectivity index (χ2n) is 3.39. The molecule has 0 saturated carbocycles. The highest BCUT2D eigenvalue weighted by molar-refractivity contribution is 7.92. The van der Waals surface area contributed by atoms with Crippen molar-refractivity contribution in [3.63, 3.8) is 0 Å². The van der Waals surface area contributed by atoms with Crippen molar-refractivity contribution in [2.24, 2.45) is 5.73 Å². The Kier molecular flexibility index (Phi) is 3.67. The van der Waals surface area contributed by atoms with Gasteiger partial charge in [0.25, 0.3) is 0 Å². The number of amides is 2. The predicted octanol–water partition coefficient (Wildman–Crippen LogP) is 1.19. The van der Waals surface area contributed by atoms with Gasteiger partial charge in [0.15, 0.2) is 0 Å². The van der Waals surface area contributed by atoms with Crippen LogP contribution in [0.5, 0.6) is 0 Å². The van der Waals surface area contributed by atoms with E-state index in [0.29, 0.717) is 5.69 Å². The first-order valence-electron chi connectivity index (χ1n) is 5.08. The minimum Gasteiger partial charge on any atom is -0.351 e. The van der Waals surface area contributed by atoms with E-state index >= 15 is 0 Å². The maximum absolute atomic E-state index is 12.1. The normalized spacial score (nSPS) is 10.9. The summed E-state index contributed by atoms with van der Waals surface area (Å²) in [4.78, 5) is 14.7. The summed E-state index contributed by atoms with van der Waals surface area (Å²) in [5.41, 5.74) is 5.23. The van der Waals surface area contributed by atoms with Crippen LogP contribution in [-0.4, -0.2) is 19.4 Å². The monoisotopic (exact) mass is 298 g/mol. The Morgan fingerprint density at radius 2 is 2.00 bits per heavy atom. The van der Waals surface area contributed by atoms with Crippen molar-refractivity contribution in [2.75, 3.05) is 4.31 Å². The molecule has 0 atom stereocenters. The first-order chi connectivity index (χ1) is 9.00. The van der Waals surface area contributed by atoms with Crippen molar-refractivity contribution in [3.05, 3.63) is 41.9 Å². The minimum atomic E-state index is -4.14. The van der Waals surface area contributed by atoms with Crippen LogP contribution in [0.3, 0.4) is 0 Å². The standard InChI is InChI=1S/C10H10N4O3S2/c11-9(15)13-19(16,17)14(10-12-6-7-18-10)8-4-2-1-3-5-8/h1-7H,(H3,11,13,15). The number of para-hydroxylation sites is 1. The SMILES string of the molecule is NC(=O)NS(=O)(=O)N(c1ccccc1)c1nccs1. The average molecular weight is 298 g/mol. The smallest absolute Gasteiger partial charge is 0.333 e. The zero-order valence-corrected chi connectivity index (χ0v) is 11.2. The summed E-state index contributed by atoms with van der Waals surface area (Å²) >= 11 is 1.12.